The molecule has 1 heterocycles. The number of hydrogen-bond acceptors (Lipinski definition) is 4. The van der Waals surface area contributed by atoms with Crippen LogP contribution in [0.2, 0.25) is 0 Å². The Morgan fingerprint density at radius 1 is 1.30 bits per heavy atom. The molecule has 6 heteroatoms. The summed E-state index contributed by atoms with van der Waals surface area (Å²) in [7, 11) is 0. The van der Waals surface area contributed by atoms with Gasteiger partial charge in [0, 0.05) is 13.1 Å². The van der Waals surface area contributed by atoms with E-state index in [0.29, 0.717) is 13.1 Å². The molecule has 6 nitrogen and oxygen atoms in total. The van der Waals surface area contributed by atoms with E-state index >= 15 is 0 Å². The Labute approximate surface area is 120 Å². The molecule has 116 valence electrons. The van der Waals surface area contributed by atoms with Crippen LogP contribution >= 0.6 is 0 Å². The average molecular weight is 285 g/mol. The normalized spacial score (nSPS) is 19.8. The highest BCUT2D eigenvalue weighted by Gasteiger charge is 2.26. The third-order valence-corrected chi connectivity index (χ3v) is 4.01. The number of nitrogens with zero attached hydrogens (tertiary/aromatic N) is 1. The Kier molecular flexibility index (Phi) is 6.42. The van der Waals surface area contributed by atoms with Gasteiger partial charge in [-0.15, -0.1) is 0 Å². The van der Waals surface area contributed by atoms with Crippen molar-refractivity contribution in [2.45, 2.75) is 45.8 Å². The Hall–Kier alpha value is -1.14. The van der Waals surface area contributed by atoms with Gasteiger partial charge in [0.05, 0.1) is 18.7 Å². The zero-order chi connectivity index (χ0) is 15.3. The summed E-state index contributed by atoms with van der Waals surface area (Å²) in [6.45, 7) is 6.80. The first-order valence-corrected chi connectivity index (χ1v) is 7.32. The van der Waals surface area contributed by atoms with Crippen LogP contribution in [0.5, 0.6) is 0 Å². The van der Waals surface area contributed by atoms with Crippen LogP contribution in [0, 0.1) is 11.8 Å². The number of nitrogens with one attached hydrogen (secondary N) is 1. The van der Waals surface area contributed by atoms with Crippen LogP contribution in [0.1, 0.15) is 33.6 Å². The van der Waals surface area contributed by atoms with Crippen LogP contribution in [0.4, 0.5) is 0 Å². The monoisotopic (exact) mass is 285 g/mol. The Balaban J connectivity index is 2.32. The zero-order valence-corrected chi connectivity index (χ0v) is 12.6. The van der Waals surface area contributed by atoms with Crippen molar-refractivity contribution in [1.82, 2.24) is 10.2 Å². The number of carbonyl (C=O) groups excluding carboxylic acids is 2. The molecule has 0 aromatic rings. The van der Waals surface area contributed by atoms with Crippen LogP contribution in [0.3, 0.4) is 0 Å². The zero-order valence-electron chi connectivity index (χ0n) is 12.6. The minimum Gasteiger partial charge on any atom is -0.393 e. The molecule has 1 aliphatic rings. The first-order valence-electron chi connectivity index (χ1n) is 7.32. The van der Waals surface area contributed by atoms with E-state index in [0.717, 1.165) is 12.8 Å². The fourth-order valence-electron chi connectivity index (χ4n) is 2.33. The molecule has 2 amide bonds. The molecule has 0 bridgehead atoms. The second-order valence-electron chi connectivity index (χ2n) is 5.95. The maximum absolute atomic E-state index is 12.0. The fraction of sp³-hybridized carbons (Fsp3) is 0.857. The van der Waals surface area contributed by atoms with Gasteiger partial charge in [-0.05, 0) is 31.6 Å². The Morgan fingerprint density at radius 2 is 1.85 bits per heavy atom. The number of aliphatic hydroxyl groups excluding tert-OH is 1. The van der Waals surface area contributed by atoms with Crippen molar-refractivity contribution >= 4 is 11.8 Å². The van der Waals surface area contributed by atoms with Crippen LogP contribution < -0.4 is 11.1 Å². The van der Waals surface area contributed by atoms with Gasteiger partial charge in [-0.1, -0.05) is 13.8 Å². The molecule has 1 fully saturated rings. The van der Waals surface area contributed by atoms with Crippen molar-refractivity contribution in [3.05, 3.63) is 0 Å². The number of piperidine rings is 1. The van der Waals surface area contributed by atoms with E-state index in [1.54, 1.807) is 11.8 Å². The molecule has 0 aromatic carbocycles. The number of carbonyl (C=O) groups is 2. The maximum Gasteiger partial charge on any atom is 0.241 e. The summed E-state index contributed by atoms with van der Waals surface area (Å²) < 4.78 is 0. The van der Waals surface area contributed by atoms with Gasteiger partial charge in [-0.3, -0.25) is 9.59 Å². The van der Waals surface area contributed by atoms with Gasteiger partial charge in [0.25, 0.3) is 0 Å². The molecule has 1 aliphatic heterocycles. The van der Waals surface area contributed by atoms with E-state index in [9.17, 15) is 14.7 Å². The average Bonchev–Trinajstić information content (AvgIpc) is 2.43. The molecule has 2 atom stereocenters. The van der Waals surface area contributed by atoms with Crippen LogP contribution in [-0.2, 0) is 9.59 Å². The van der Waals surface area contributed by atoms with Gasteiger partial charge in [0.2, 0.25) is 11.8 Å². The van der Waals surface area contributed by atoms with E-state index in [1.165, 1.54) is 0 Å². The molecule has 4 N–H and O–H groups in total. The molecule has 0 aliphatic carbocycles. The standard InChI is InChI=1S/C14H27N3O3/c1-9(2)13(15)14(20)16-8-12(19)17-6-4-11(5-7-17)10(3)18/h9-11,13,18H,4-8,15H2,1-3H3,(H,16,20)/t10?,13-/m0/s1. The highest BCUT2D eigenvalue weighted by atomic mass is 16.3. The number of nitrogens with two attached hydrogens (primary N) is 1. The topological polar surface area (TPSA) is 95.7 Å². The first kappa shape index (κ1) is 16.9. The molecule has 1 rings (SSSR count). The number of likely N-dealkylation sites (tertiary alicyclic amines) is 1. The predicted octanol–water partition coefficient (Wildman–Crippen LogP) is -0.295. The van der Waals surface area contributed by atoms with E-state index < -0.39 is 6.04 Å². The quantitative estimate of drug-likeness (QED) is 0.646. The first-order chi connectivity index (χ1) is 9.32. The molecular formula is C14H27N3O3. The van der Waals surface area contributed by atoms with Gasteiger partial charge in [0.1, 0.15) is 0 Å². The molecule has 1 saturated heterocycles. The van der Waals surface area contributed by atoms with E-state index in [2.05, 4.69) is 5.32 Å². The summed E-state index contributed by atoms with van der Waals surface area (Å²) in [5.74, 6) is -0.0551. The molecule has 0 spiro atoms. The maximum atomic E-state index is 12.0. The lowest BCUT2D eigenvalue weighted by Crippen LogP contribution is -2.49. The molecule has 1 unspecified atom stereocenters. The third kappa shape index (κ3) is 4.76. The van der Waals surface area contributed by atoms with Gasteiger partial charge in [-0.2, -0.15) is 0 Å². The van der Waals surface area contributed by atoms with Crippen molar-refractivity contribution in [2.75, 3.05) is 19.6 Å². The van der Waals surface area contributed by atoms with Crippen molar-refractivity contribution in [3.8, 4) is 0 Å². The lowest BCUT2D eigenvalue weighted by atomic mass is 9.92. The van der Waals surface area contributed by atoms with Crippen molar-refractivity contribution in [2.24, 2.45) is 17.6 Å². The summed E-state index contributed by atoms with van der Waals surface area (Å²) in [5.41, 5.74) is 5.71. The van der Waals surface area contributed by atoms with E-state index in [-0.39, 0.29) is 36.3 Å². The van der Waals surface area contributed by atoms with E-state index in [1.807, 2.05) is 13.8 Å². The SMILES string of the molecule is CC(O)C1CCN(C(=O)CNC(=O)[C@@H](N)C(C)C)CC1. The summed E-state index contributed by atoms with van der Waals surface area (Å²) in [4.78, 5) is 25.4. The minimum absolute atomic E-state index is 0.00139. The third-order valence-electron chi connectivity index (χ3n) is 4.01. The highest BCUT2D eigenvalue weighted by Crippen LogP contribution is 2.20. The van der Waals surface area contributed by atoms with E-state index in [4.69, 9.17) is 5.73 Å². The number of rotatable bonds is 5. The summed E-state index contributed by atoms with van der Waals surface area (Å²) in [6.07, 6.45) is 1.29. The summed E-state index contributed by atoms with van der Waals surface area (Å²) in [6, 6.07) is -0.580. The predicted molar refractivity (Wildman–Crippen MR) is 76.8 cm³/mol. The molecule has 0 radical (unpaired) electrons. The minimum atomic E-state index is -0.580. The van der Waals surface area contributed by atoms with Gasteiger partial charge < -0.3 is 21.1 Å². The Morgan fingerprint density at radius 3 is 2.30 bits per heavy atom. The second kappa shape index (κ2) is 7.59. The van der Waals surface area contributed by atoms with Crippen LogP contribution in [0.25, 0.3) is 0 Å². The lowest BCUT2D eigenvalue weighted by Gasteiger charge is -2.33. The largest absolute Gasteiger partial charge is 0.393 e. The highest BCUT2D eigenvalue weighted by molar-refractivity contribution is 5.87. The summed E-state index contributed by atoms with van der Waals surface area (Å²) >= 11 is 0. The van der Waals surface area contributed by atoms with Gasteiger partial charge in [0.15, 0.2) is 0 Å². The van der Waals surface area contributed by atoms with Gasteiger partial charge >= 0.3 is 0 Å². The van der Waals surface area contributed by atoms with Crippen LogP contribution in [0.15, 0.2) is 0 Å². The summed E-state index contributed by atoms with van der Waals surface area (Å²) in [5, 5.41) is 12.1. The smallest absolute Gasteiger partial charge is 0.241 e. The van der Waals surface area contributed by atoms with Crippen molar-refractivity contribution in [3.63, 3.8) is 0 Å². The number of aliphatic hydroxyl groups is 1. The molecule has 0 saturated carbocycles. The molecule has 0 aromatic heterocycles. The molecular weight excluding hydrogens is 258 g/mol. The number of amides is 2. The fourth-order valence-corrected chi connectivity index (χ4v) is 2.33. The molecule has 20 heavy (non-hydrogen) atoms. The van der Waals surface area contributed by atoms with Crippen LogP contribution in [-0.4, -0.2) is 53.6 Å². The van der Waals surface area contributed by atoms with Crippen molar-refractivity contribution < 1.29 is 14.7 Å². The number of hydrogen-bond donors (Lipinski definition) is 3. The second-order valence-corrected chi connectivity index (χ2v) is 5.95. The Bertz CT molecular complexity index is 337. The van der Waals surface area contributed by atoms with Crippen molar-refractivity contribution in [1.29, 1.82) is 0 Å². The van der Waals surface area contributed by atoms with Gasteiger partial charge in [-0.25, -0.2) is 0 Å². The lowest BCUT2D eigenvalue weighted by molar-refractivity contribution is -0.134.